The van der Waals surface area contributed by atoms with Gasteiger partial charge in [0.2, 0.25) is 0 Å². The number of carbonyl (C=O) groups excluding carboxylic acids is 1. The molecule has 0 bridgehead atoms. The Hall–Kier alpha value is -0.410. The quantitative estimate of drug-likeness (QED) is 0.497. The molecule has 1 atom stereocenters. The summed E-state index contributed by atoms with van der Waals surface area (Å²) in [6, 6.07) is 0. The van der Waals surface area contributed by atoms with Gasteiger partial charge in [0.05, 0.1) is 18.9 Å². The van der Waals surface area contributed by atoms with Gasteiger partial charge in [-0.2, -0.15) is 0 Å². The largest absolute Gasteiger partial charge is 0.364 e. The summed E-state index contributed by atoms with van der Waals surface area (Å²) in [5.74, 6) is 0. The Labute approximate surface area is 73.5 Å². The molecule has 0 radical (unpaired) electrons. The summed E-state index contributed by atoms with van der Waals surface area (Å²) in [7, 11) is 0. The third-order valence-electron chi connectivity index (χ3n) is 2.34. The van der Waals surface area contributed by atoms with Crippen LogP contribution in [0.1, 0.15) is 32.6 Å². The molecule has 0 aromatic heterocycles. The molecule has 0 aliphatic carbocycles. The lowest BCUT2D eigenvalue weighted by atomic mass is 9.96. The molecule has 0 amide bonds. The highest BCUT2D eigenvalue weighted by atomic mass is 16.5. The van der Waals surface area contributed by atoms with E-state index in [4.69, 9.17) is 4.74 Å². The zero-order chi connectivity index (χ0) is 8.86. The van der Waals surface area contributed by atoms with Gasteiger partial charge in [-0.3, -0.25) is 5.32 Å². The zero-order valence-electron chi connectivity index (χ0n) is 7.64. The SMILES string of the molecule is CCCCCC1(C=O)COCN1. The van der Waals surface area contributed by atoms with Gasteiger partial charge >= 0.3 is 0 Å². The number of ether oxygens (including phenoxy) is 1. The smallest absolute Gasteiger partial charge is 0.142 e. The van der Waals surface area contributed by atoms with Crippen LogP contribution in [-0.2, 0) is 9.53 Å². The van der Waals surface area contributed by atoms with Crippen LogP contribution >= 0.6 is 0 Å². The maximum atomic E-state index is 10.8. The van der Waals surface area contributed by atoms with Crippen LogP contribution in [0.25, 0.3) is 0 Å². The van der Waals surface area contributed by atoms with Crippen molar-refractivity contribution >= 4 is 6.29 Å². The van der Waals surface area contributed by atoms with Crippen molar-refractivity contribution in [2.45, 2.75) is 38.1 Å². The van der Waals surface area contributed by atoms with E-state index in [1.165, 1.54) is 12.8 Å². The highest BCUT2D eigenvalue weighted by molar-refractivity contribution is 5.64. The summed E-state index contributed by atoms with van der Waals surface area (Å²) in [6.07, 6.45) is 5.39. The fourth-order valence-electron chi connectivity index (χ4n) is 1.46. The molecule has 12 heavy (non-hydrogen) atoms. The molecular formula is C9H17NO2. The molecule has 1 fully saturated rings. The van der Waals surface area contributed by atoms with Gasteiger partial charge in [-0.25, -0.2) is 0 Å². The third-order valence-corrected chi connectivity index (χ3v) is 2.34. The van der Waals surface area contributed by atoms with Gasteiger partial charge < -0.3 is 9.53 Å². The van der Waals surface area contributed by atoms with Crippen LogP contribution in [0, 0.1) is 0 Å². The van der Waals surface area contributed by atoms with Crippen LogP contribution in [-0.4, -0.2) is 25.2 Å². The number of unbranched alkanes of at least 4 members (excludes halogenated alkanes) is 2. The first-order valence-electron chi connectivity index (χ1n) is 4.62. The lowest BCUT2D eigenvalue weighted by molar-refractivity contribution is -0.113. The predicted octanol–water partition coefficient (Wildman–Crippen LogP) is 1.08. The van der Waals surface area contributed by atoms with Gasteiger partial charge in [-0.15, -0.1) is 0 Å². The van der Waals surface area contributed by atoms with Crippen LogP contribution in [0.15, 0.2) is 0 Å². The first-order chi connectivity index (χ1) is 5.83. The fraction of sp³-hybridized carbons (Fsp3) is 0.889. The standard InChI is InChI=1S/C9H17NO2/c1-2-3-4-5-9(6-11)7-12-8-10-9/h6,10H,2-5,7-8H2,1H3. The minimum Gasteiger partial charge on any atom is -0.364 e. The molecule has 1 aliphatic heterocycles. The summed E-state index contributed by atoms with van der Waals surface area (Å²) < 4.78 is 5.14. The van der Waals surface area contributed by atoms with Crippen LogP contribution < -0.4 is 5.32 Å². The number of rotatable bonds is 5. The van der Waals surface area contributed by atoms with Gasteiger partial charge in [0.1, 0.15) is 6.29 Å². The Morgan fingerprint density at radius 3 is 2.92 bits per heavy atom. The van der Waals surface area contributed by atoms with Crippen molar-refractivity contribution in [3.05, 3.63) is 0 Å². The molecule has 3 nitrogen and oxygen atoms in total. The summed E-state index contributed by atoms with van der Waals surface area (Å²) in [5.41, 5.74) is -0.366. The normalized spacial score (nSPS) is 29.1. The second-order valence-corrected chi connectivity index (χ2v) is 3.40. The summed E-state index contributed by atoms with van der Waals surface area (Å²) in [4.78, 5) is 10.8. The van der Waals surface area contributed by atoms with Crippen molar-refractivity contribution in [3.63, 3.8) is 0 Å². The Morgan fingerprint density at radius 2 is 2.42 bits per heavy atom. The van der Waals surface area contributed by atoms with Gasteiger partial charge in [0, 0.05) is 0 Å². The molecule has 0 aromatic carbocycles. The van der Waals surface area contributed by atoms with Gasteiger partial charge in [-0.1, -0.05) is 26.2 Å². The molecule has 70 valence electrons. The van der Waals surface area contributed by atoms with Crippen molar-refractivity contribution in [1.82, 2.24) is 5.32 Å². The van der Waals surface area contributed by atoms with Crippen LogP contribution in [0.3, 0.4) is 0 Å². The molecule has 1 saturated heterocycles. The Morgan fingerprint density at radius 1 is 1.58 bits per heavy atom. The average Bonchev–Trinajstić information content (AvgIpc) is 2.55. The number of carbonyl (C=O) groups is 1. The Kier molecular flexibility index (Phi) is 3.69. The van der Waals surface area contributed by atoms with Crippen LogP contribution in [0.2, 0.25) is 0 Å². The van der Waals surface area contributed by atoms with E-state index in [1.54, 1.807) is 0 Å². The first-order valence-corrected chi connectivity index (χ1v) is 4.62. The van der Waals surface area contributed by atoms with Crippen LogP contribution in [0.4, 0.5) is 0 Å². The van der Waals surface area contributed by atoms with E-state index in [9.17, 15) is 4.79 Å². The topological polar surface area (TPSA) is 38.3 Å². The average molecular weight is 171 g/mol. The maximum absolute atomic E-state index is 10.8. The minimum atomic E-state index is -0.366. The molecule has 1 N–H and O–H groups in total. The van der Waals surface area contributed by atoms with Gasteiger partial charge in [-0.05, 0) is 6.42 Å². The number of hydrogen-bond acceptors (Lipinski definition) is 3. The minimum absolute atomic E-state index is 0.366. The third kappa shape index (κ3) is 2.29. The molecule has 1 heterocycles. The van der Waals surface area contributed by atoms with Crippen molar-refractivity contribution in [2.75, 3.05) is 13.3 Å². The second-order valence-electron chi connectivity index (χ2n) is 3.40. The van der Waals surface area contributed by atoms with Crippen molar-refractivity contribution in [1.29, 1.82) is 0 Å². The first kappa shape index (κ1) is 9.68. The molecule has 1 unspecified atom stereocenters. The summed E-state index contributed by atoms with van der Waals surface area (Å²) in [5, 5.41) is 3.09. The lowest BCUT2D eigenvalue weighted by Crippen LogP contribution is -2.43. The monoisotopic (exact) mass is 171 g/mol. The second kappa shape index (κ2) is 4.58. The zero-order valence-corrected chi connectivity index (χ0v) is 7.64. The maximum Gasteiger partial charge on any atom is 0.142 e. The molecule has 0 saturated carbocycles. The van der Waals surface area contributed by atoms with Gasteiger partial charge in [0.25, 0.3) is 0 Å². The number of hydrogen-bond donors (Lipinski definition) is 1. The van der Waals surface area contributed by atoms with Gasteiger partial charge in [0.15, 0.2) is 0 Å². The molecule has 0 spiro atoms. The van der Waals surface area contributed by atoms with E-state index in [2.05, 4.69) is 12.2 Å². The molecule has 1 rings (SSSR count). The molecule has 3 heteroatoms. The van der Waals surface area contributed by atoms with E-state index in [0.717, 1.165) is 19.1 Å². The van der Waals surface area contributed by atoms with E-state index < -0.39 is 0 Å². The highest BCUT2D eigenvalue weighted by Gasteiger charge is 2.33. The van der Waals surface area contributed by atoms with E-state index >= 15 is 0 Å². The molecule has 0 aromatic rings. The summed E-state index contributed by atoms with van der Waals surface area (Å²) in [6.45, 7) is 3.22. The number of nitrogens with one attached hydrogen (secondary N) is 1. The lowest BCUT2D eigenvalue weighted by Gasteiger charge is -2.19. The van der Waals surface area contributed by atoms with E-state index in [-0.39, 0.29) is 5.54 Å². The van der Waals surface area contributed by atoms with E-state index in [1.807, 2.05) is 0 Å². The van der Waals surface area contributed by atoms with Crippen molar-refractivity contribution in [2.24, 2.45) is 0 Å². The van der Waals surface area contributed by atoms with Crippen molar-refractivity contribution < 1.29 is 9.53 Å². The number of aldehydes is 1. The van der Waals surface area contributed by atoms with E-state index in [0.29, 0.717) is 13.3 Å². The Balaban J connectivity index is 2.29. The molecular weight excluding hydrogens is 154 g/mol. The fourth-order valence-corrected chi connectivity index (χ4v) is 1.46. The highest BCUT2D eigenvalue weighted by Crippen LogP contribution is 2.17. The Bertz CT molecular complexity index is 141. The predicted molar refractivity (Wildman–Crippen MR) is 46.9 cm³/mol. The molecule has 1 aliphatic rings. The van der Waals surface area contributed by atoms with Crippen molar-refractivity contribution in [3.8, 4) is 0 Å². The summed E-state index contributed by atoms with van der Waals surface area (Å²) >= 11 is 0. The van der Waals surface area contributed by atoms with Crippen LogP contribution in [0.5, 0.6) is 0 Å².